The van der Waals surface area contributed by atoms with Crippen LogP contribution in [0.4, 0.5) is 11.4 Å². The third-order valence-corrected chi connectivity index (χ3v) is 5.77. The summed E-state index contributed by atoms with van der Waals surface area (Å²) in [6, 6.07) is 22.8. The van der Waals surface area contributed by atoms with E-state index < -0.39 is 10.3 Å². The highest BCUT2D eigenvalue weighted by Gasteiger charge is 2.60. The molecule has 1 saturated carbocycles. The largest absolute Gasteiger partial charge is 0.320 e. The lowest BCUT2D eigenvalue weighted by Crippen LogP contribution is -2.22. The Labute approximate surface area is 169 Å². The third kappa shape index (κ3) is 3.40. The lowest BCUT2D eigenvalue weighted by molar-refractivity contribution is -0.383. The Hall–Kier alpha value is -3.47. The molecule has 0 aliphatic heterocycles. The van der Waals surface area contributed by atoms with Crippen LogP contribution in [0.1, 0.15) is 28.7 Å². The van der Waals surface area contributed by atoms with Crippen LogP contribution in [-0.4, -0.2) is 10.8 Å². The Morgan fingerprint density at radius 2 is 1.45 bits per heavy atom. The number of para-hydroxylation sites is 2. The van der Waals surface area contributed by atoms with Crippen LogP contribution in [0.25, 0.3) is 0 Å². The summed E-state index contributed by atoms with van der Waals surface area (Å²) in [4.78, 5) is 23.9. The molecule has 1 aliphatic carbocycles. The Kier molecular flexibility index (Phi) is 4.66. The zero-order valence-electron chi connectivity index (χ0n) is 16.4. The predicted molar refractivity (Wildman–Crippen MR) is 113 cm³/mol. The van der Waals surface area contributed by atoms with Crippen LogP contribution in [0.15, 0.2) is 72.8 Å². The van der Waals surface area contributed by atoms with Gasteiger partial charge in [0.2, 0.25) is 5.91 Å². The maximum atomic E-state index is 13.1. The van der Waals surface area contributed by atoms with Crippen molar-refractivity contribution in [1.29, 1.82) is 0 Å². The highest BCUT2D eigenvalue weighted by Crippen LogP contribution is 2.59. The number of rotatable bonds is 5. The van der Waals surface area contributed by atoms with E-state index in [0.717, 1.165) is 22.3 Å². The summed E-state index contributed by atoms with van der Waals surface area (Å²) in [5.74, 6) is -0.479. The Morgan fingerprint density at radius 3 is 1.97 bits per heavy atom. The summed E-state index contributed by atoms with van der Waals surface area (Å²) in [5, 5.41) is 14.1. The molecule has 3 aromatic rings. The van der Waals surface area contributed by atoms with E-state index in [1.807, 2.05) is 13.8 Å². The first-order valence-corrected chi connectivity index (χ1v) is 9.60. The molecule has 0 aromatic heterocycles. The molecule has 3 aromatic carbocycles. The summed E-state index contributed by atoms with van der Waals surface area (Å²) in [6.45, 7) is 4.07. The first-order valence-electron chi connectivity index (χ1n) is 9.60. The summed E-state index contributed by atoms with van der Waals surface area (Å²) in [5.41, 5.74) is 4.23. The lowest BCUT2D eigenvalue weighted by Gasteiger charge is -2.19. The zero-order chi connectivity index (χ0) is 20.6. The number of carbonyl (C=O) groups excluding carboxylic acids is 1. The summed E-state index contributed by atoms with van der Waals surface area (Å²) in [6.07, 6.45) is 0.672. The van der Waals surface area contributed by atoms with Crippen molar-refractivity contribution in [1.82, 2.24) is 0 Å². The summed E-state index contributed by atoms with van der Waals surface area (Å²) < 4.78 is 0. The van der Waals surface area contributed by atoms with Crippen LogP contribution in [0.2, 0.25) is 0 Å². The minimum Gasteiger partial charge on any atom is -0.320 e. The van der Waals surface area contributed by atoms with Gasteiger partial charge in [0.05, 0.1) is 10.8 Å². The molecule has 4 rings (SSSR count). The number of anilines is 1. The smallest absolute Gasteiger partial charge is 0.292 e. The minimum absolute atomic E-state index is 0.0993. The Balaban J connectivity index is 1.69. The second-order valence-electron chi connectivity index (χ2n) is 7.72. The number of nitro benzene ring substituents is 1. The van der Waals surface area contributed by atoms with E-state index in [2.05, 4.69) is 53.8 Å². The van der Waals surface area contributed by atoms with Crippen molar-refractivity contribution in [3.63, 3.8) is 0 Å². The van der Waals surface area contributed by atoms with Gasteiger partial charge < -0.3 is 5.32 Å². The molecule has 0 unspecified atom stereocenters. The average Bonchev–Trinajstić information content (AvgIpc) is 3.46. The number of nitro groups is 1. The molecule has 5 heteroatoms. The van der Waals surface area contributed by atoms with Gasteiger partial charge in [0, 0.05) is 11.5 Å². The molecule has 0 spiro atoms. The van der Waals surface area contributed by atoms with E-state index in [9.17, 15) is 14.9 Å². The fraction of sp³-hybridized carbons (Fsp3) is 0.208. The molecule has 29 heavy (non-hydrogen) atoms. The van der Waals surface area contributed by atoms with E-state index >= 15 is 0 Å². The number of nitrogens with one attached hydrogen (secondary N) is 1. The standard InChI is InChI=1S/C24H22N2O3/c1-16-7-11-18(12-8-16)24(19-13-9-17(2)10-14-19)15-20(24)23(27)25-21-5-3-4-6-22(21)26(28)29/h3-14,20H,15H2,1-2H3,(H,25,27)/t20-/m0/s1. The molecular formula is C24H22N2O3. The number of amides is 1. The molecule has 5 nitrogen and oxygen atoms in total. The van der Waals surface area contributed by atoms with Crippen LogP contribution >= 0.6 is 0 Å². The van der Waals surface area contributed by atoms with E-state index in [-0.39, 0.29) is 23.2 Å². The molecule has 0 saturated heterocycles. The van der Waals surface area contributed by atoms with Crippen LogP contribution in [0.5, 0.6) is 0 Å². The van der Waals surface area contributed by atoms with Crippen molar-refractivity contribution in [3.8, 4) is 0 Å². The van der Waals surface area contributed by atoms with E-state index in [1.165, 1.54) is 6.07 Å². The molecule has 1 atom stereocenters. The second-order valence-corrected chi connectivity index (χ2v) is 7.72. The van der Waals surface area contributed by atoms with Crippen molar-refractivity contribution in [2.75, 3.05) is 5.32 Å². The SMILES string of the molecule is Cc1ccc(C2(c3ccc(C)cc3)C[C@H]2C(=O)Nc2ccccc2[N+](=O)[O-])cc1. The first kappa shape index (κ1) is 18.9. The minimum atomic E-state index is -0.476. The van der Waals surface area contributed by atoms with Gasteiger partial charge >= 0.3 is 0 Å². The van der Waals surface area contributed by atoms with Gasteiger partial charge in [-0.05, 0) is 37.5 Å². The van der Waals surface area contributed by atoms with Crippen molar-refractivity contribution < 1.29 is 9.72 Å². The van der Waals surface area contributed by atoms with E-state index in [1.54, 1.807) is 18.2 Å². The van der Waals surface area contributed by atoms with Crippen LogP contribution in [0.3, 0.4) is 0 Å². The number of nitrogens with zero attached hydrogens (tertiary/aromatic N) is 1. The molecule has 1 aliphatic rings. The molecule has 0 bridgehead atoms. The number of hydrogen-bond acceptors (Lipinski definition) is 3. The van der Waals surface area contributed by atoms with Gasteiger partial charge in [-0.3, -0.25) is 14.9 Å². The first-order chi connectivity index (χ1) is 13.9. The maximum Gasteiger partial charge on any atom is 0.292 e. The maximum absolute atomic E-state index is 13.1. The molecule has 146 valence electrons. The zero-order valence-corrected chi connectivity index (χ0v) is 16.4. The van der Waals surface area contributed by atoms with Crippen molar-refractivity contribution in [2.45, 2.75) is 25.7 Å². The van der Waals surface area contributed by atoms with Gasteiger partial charge in [0.25, 0.3) is 5.69 Å². The normalized spacial score (nSPS) is 16.8. The highest BCUT2D eigenvalue weighted by atomic mass is 16.6. The third-order valence-electron chi connectivity index (χ3n) is 5.77. The van der Waals surface area contributed by atoms with E-state index in [0.29, 0.717) is 6.42 Å². The van der Waals surface area contributed by atoms with Crippen LogP contribution in [0, 0.1) is 29.9 Å². The van der Waals surface area contributed by atoms with Gasteiger partial charge in [0.15, 0.2) is 0 Å². The van der Waals surface area contributed by atoms with E-state index in [4.69, 9.17) is 0 Å². The van der Waals surface area contributed by atoms with Gasteiger partial charge in [0.1, 0.15) is 5.69 Å². The van der Waals surface area contributed by atoms with Crippen LogP contribution in [-0.2, 0) is 10.2 Å². The van der Waals surface area contributed by atoms with Crippen LogP contribution < -0.4 is 5.32 Å². The van der Waals surface area contributed by atoms with Crippen molar-refractivity contribution in [3.05, 3.63) is 105 Å². The Bertz CT molecular complexity index is 1030. The summed E-state index contributed by atoms with van der Waals surface area (Å²) in [7, 11) is 0. The van der Waals surface area contributed by atoms with Gasteiger partial charge in [-0.25, -0.2) is 0 Å². The fourth-order valence-corrected chi connectivity index (χ4v) is 4.04. The number of benzene rings is 3. The quantitative estimate of drug-likeness (QED) is 0.486. The molecular weight excluding hydrogens is 364 g/mol. The molecule has 0 radical (unpaired) electrons. The van der Waals surface area contributed by atoms with Crippen molar-refractivity contribution in [2.24, 2.45) is 5.92 Å². The fourth-order valence-electron chi connectivity index (χ4n) is 4.04. The summed E-state index contributed by atoms with van der Waals surface area (Å²) >= 11 is 0. The Morgan fingerprint density at radius 1 is 0.931 bits per heavy atom. The van der Waals surface area contributed by atoms with Gasteiger partial charge in [-0.1, -0.05) is 71.8 Å². The number of hydrogen-bond donors (Lipinski definition) is 1. The highest BCUT2D eigenvalue weighted by molar-refractivity contribution is 5.98. The molecule has 1 fully saturated rings. The van der Waals surface area contributed by atoms with Crippen molar-refractivity contribution >= 4 is 17.3 Å². The molecule has 1 amide bonds. The second kappa shape index (κ2) is 7.17. The van der Waals surface area contributed by atoms with Gasteiger partial charge in [-0.15, -0.1) is 0 Å². The lowest BCUT2D eigenvalue weighted by atomic mass is 9.85. The number of carbonyl (C=O) groups is 1. The topological polar surface area (TPSA) is 72.2 Å². The monoisotopic (exact) mass is 386 g/mol. The molecule has 1 N–H and O–H groups in total. The number of aryl methyl sites for hydroxylation is 2. The average molecular weight is 386 g/mol. The predicted octanol–water partition coefficient (Wildman–Crippen LogP) is 5.16. The van der Waals surface area contributed by atoms with Gasteiger partial charge in [-0.2, -0.15) is 0 Å². The molecule has 0 heterocycles.